The van der Waals surface area contributed by atoms with Gasteiger partial charge < -0.3 is 14.7 Å². The molecule has 0 rings (SSSR count). The monoisotopic (exact) mass is 245 g/mol. The minimum atomic E-state index is -0.585. The molecule has 0 fully saturated rings. The lowest BCUT2D eigenvalue weighted by molar-refractivity contribution is -0.144. The van der Waals surface area contributed by atoms with Crippen LogP contribution in [0, 0.1) is 0 Å². The smallest absolute Gasteiger partial charge is 0.307 e. The van der Waals surface area contributed by atoms with E-state index in [9.17, 15) is 14.7 Å². The van der Waals surface area contributed by atoms with Crippen molar-refractivity contribution >= 4 is 11.9 Å². The van der Waals surface area contributed by atoms with Crippen molar-refractivity contribution in [1.82, 2.24) is 4.90 Å². The van der Waals surface area contributed by atoms with Gasteiger partial charge in [0, 0.05) is 19.5 Å². The SMILES string of the molecule is CCCC(=O)N(CCC(=O)OCC)CC(C)O. The van der Waals surface area contributed by atoms with E-state index in [-0.39, 0.29) is 24.8 Å². The van der Waals surface area contributed by atoms with Crippen LogP contribution in [0.1, 0.15) is 40.0 Å². The van der Waals surface area contributed by atoms with Crippen LogP contribution in [0.15, 0.2) is 0 Å². The van der Waals surface area contributed by atoms with E-state index < -0.39 is 6.10 Å². The van der Waals surface area contributed by atoms with Crippen LogP contribution in [-0.4, -0.2) is 47.7 Å². The maximum Gasteiger partial charge on any atom is 0.307 e. The summed E-state index contributed by atoms with van der Waals surface area (Å²) >= 11 is 0. The molecular formula is C12H23NO4. The fourth-order valence-electron chi connectivity index (χ4n) is 1.47. The number of hydrogen-bond acceptors (Lipinski definition) is 4. The summed E-state index contributed by atoms with van der Waals surface area (Å²) in [6.45, 7) is 6.20. The Hall–Kier alpha value is -1.10. The van der Waals surface area contributed by atoms with Gasteiger partial charge in [-0.25, -0.2) is 0 Å². The zero-order valence-electron chi connectivity index (χ0n) is 10.9. The zero-order chi connectivity index (χ0) is 13.3. The molecule has 0 spiro atoms. The van der Waals surface area contributed by atoms with Crippen molar-refractivity contribution in [2.45, 2.75) is 46.1 Å². The number of aliphatic hydroxyl groups is 1. The lowest BCUT2D eigenvalue weighted by atomic mass is 10.2. The molecule has 0 bridgehead atoms. The van der Waals surface area contributed by atoms with Crippen molar-refractivity contribution in [2.24, 2.45) is 0 Å². The van der Waals surface area contributed by atoms with Crippen molar-refractivity contribution < 1.29 is 19.4 Å². The Morgan fingerprint density at radius 2 is 1.94 bits per heavy atom. The average Bonchev–Trinajstić information content (AvgIpc) is 2.24. The lowest BCUT2D eigenvalue weighted by Gasteiger charge is -2.23. The van der Waals surface area contributed by atoms with Crippen LogP contribution in [0.2, 0.25) is 0 Å². The molecule has 0 radical (unpaired) electrons. The largest absolute Gasteiger partial charge is 0.466 e. The van der Waals surface area contributed by atoms with Crippen molar-refractivity contribution in [2.75, 3.05) is 19.7 Å². The highest BCUT2D eigenvalue weighted by molar-refractivity contribution is 5.77. The number of esters is 1. The Kier molecular flexibility index (Phi) is 8.40. The van der Waals surface area contributed by atoms with Gasteiger partial charge in [0.25, 0.3) is 0 Å². The predicted molar refractivity (Wildman–Crippen MR) is 64.4 cm³/mol. The highest BCUT2D eigenvalue weighted by Gasteiger charge is 2.16. The second-order valence-electron chi connectivity index (χ2n) is 3.99. The average molecular weight is 245 g/mol. The summed E-state index contributed by atoms with van der Waals surface area (Å²) < 4.78 is 4.80. The van der Waals surface area contributed by atoms with Crippen LogP contribution in [0.25, 0.3) is 0 Å². The molecule has 0 aromatic carbocycles. The van der Waals surface area contributed by atoms with Gasteiger partial charge in [-0.3, -0.25) is 9.59 Å². The van der Waals surface area contributed by atoms with Gasteiger partial charge in [-0.2, -0.15) is 0 Å². The number of rotatable bonds is 8. The maximum atomic E-state index is 11.7. The number of carbonyl (C=O) groups excluding carboxylic acids is 2. The fourth-order valence-corrected chi connectivity index (χ4v) is 1.47. The summed E-state index contributed by atoms with van der Waals surface area (Å²) in [6, 6.07) is 0. The molecule has 100 valence electrons. The first-order valence-electron chi connectivity index (χ1n) is 6.12. The van der Waals surface area contributed by atoms with Gasteiger partial charge in [0.2, 0.25) is 5.91 Å². The first-order chi connectivity index (χ1) is 8.01. The van der Waals surface area contributed by atoms with E-state index in [1.54, 1.807) is 13.8 Å². The predicted octanol–water partition coefficient (Wildman–Crippen LogP) is 0.949. The van der Waals surface area contributed by atoms with E-state index in [0.29, 0.717) is 19.6 Å². The second kappa shape index (κ2) is 8.98. The van der Waals surface area contributed by atoms with E-state index in [0.717, 1.165) is 6.42 Å². The van der Waals surface area contributed by atoms with E-state index in [2.05, 4.69) is 0 Å². The number of hydrogen-bond donors (Lipinski definition) is 1. The molecular weight excluding hydrogens is 222 g/mol. The maximum absolute atomic E-state index is 11.7. The van der Waals surface area contributed by atoms with Crippen LogP contribution >= 0.6 is 0 Å². The summed E-state index contributed by atoms with van der Waals surface area (Å²) in [5.41, 5.74) is 0. The molecule has 0 aliphatic rings. The lowest BCUT2D eigenvalue weighted by Crippen LogP contribution is -2.38. The molecule has 5 nitrogen and oxygen atoms in total. The summed E-state index contributed by atoms with van der Waals surface area (Å²) in [7, 11) is 0. The van der Waals surface area contributed by atoms with Gasteiger partial charge in [0.15, 0.2) is 0 Å². The van der Waals surface area contributed by atoms with Crippen molar-refractivity contribution in [3.63, 3.8) is 0 Å². The summed E-state index contributed by atoms with van der Waals surface area (Å²) in [4.78, 5) is 24.4. The number of amides is 1. The van der Waals surface area contributed by atoms with Gasteiger partial charge >= 0.3 is 5.97 Å². The van der Waals surface area contributed by atoms with E-state index >= 15 is 0 Å². The van der Waals surface area contributed by atoms with E-state index in [4.69, 9.17) is 4.74 Å². The van der Waals surface area contributed by atoms with Crippen LogP contribution in [0.5, 0.6) is 0 Å². The third-order valence-electron chi connectivity index (χ3n) is 2.19. The van der Waals surface area contributed by atoms with Gasteiger partial charge in [0.05, 0.1) is 19.1 Å². The topological polar surface area (TPSA) is 66.8 Å². The molecule has 1 amide bonds. The minimum absolute atomic E-state index is 0.0299. The standard InChI is InChI=1S/C12H23NO4/c1-4-6-11(15)13(9-10(3)14)8-7-12(16)17-5-2/h10,14H,4-9H2,1-3H3. The van der Waals surface area contributed by atoms with Crippen LogP contribution < -0.4 is 0 Å². The molecule has 0 heterocycles. The highest BCUT2D eigenvalue weighted by Crippen LogP contribution is 2.02. The Morgan fingerprint density at radius 1 is 1.29 bits per heavy atom. The summed E-state index contributed by atoms with van der Waals surface area (Å²) in [6.07, 6.45) is 0.790. The van der Waals surface area contributed by atoms with Crippen LogP contribution in [0.3, 0.4) is 0 Å². The molecule has 1 atom stereocenters. The Morgan fingerprint density at radius 3 is 2.41 bits per heavy atom. The fraction of sp³-hybridized carbons (Fsp3) is 0.833. The zero-order valence-corrected chi connectivity index (χ0v) is 10.9. The third kappa shape index (κ3) is 7.74. The Labute approximate surface area is 103 Å². The van der Waals surface area contributed by atoms with Gasteiger partial charge in [0.1, 0.15) is 0 Å². The molecule has 1 N–H and O–H groups in total. The van der Waals surface area contributed by atoms with Crippen molar-refractivity contribution in [3.05, 3.63) is 0 Å². The molecule has 0 aliphatic carbocycles. The van der Waals surface area contributed by atoms with Crippen LogP contribution in [-0.2, 0) is 14.3 Å². The minimum Gasteiger partial charge on any atom is -0.466 e. The van der Waals surface area contributed by atoms with E-state index in [1.807, 2.05) is 6.92 Å². The Bertz CT molecular complexity index is 241. The van der Waals surface area contributed by atoms with Gasteiger partial charge in [-0.15, -0.1) is 0 Å². The molecule has 0 saturated heterocycles. The molecule has 0 aromatic heterocycles. The van der Waals surface area contributed by atoms with Gasteiger partial charge in [-0.05, 0) is 20.3 Å². The highest BCUT2D eigenvalue weighted by atomic mass is 16.5. The molecule has 5 heteroatoms. The molecule has 17 heavy (non-hydrogen) atoms. The summed E-state index contributed by atoms with van der Waals surface area (Å²) in [5.74, 6) is -0.343. The number of ether oxygens (including phenoxy) is 1. The van der Waals surface area contributed by atoms with Crippen molar-refractivity contribution in [1.29, 1.82) is 0 Å². The number of nitrogens with zero attached hydrogens (tertiary/aromatic N) is 1. The van der Waals surface area contributed by atoms with Crippen molar-refractivity contribution in [3.8, 4) is 0 Å². The van der Waals surface area contributed by atoms with E-state index in [1.165, 1.54) is 4.90 Å². The molecule has 0 aliphatic heterocycles. The number of carbonyl (C=O) groups is 2. The Balaban J connectivity index is 4.18. The second-order valence-corrected chi connectivity index (χ2v) is 3.99. The first-order valence-corrected chi connectivity index (χ1v) is 6.12. The van der Waals surface area contributed by atoms with Crippen LogP contribution in [0.4, 0.5) is 0 Å². The quantitative estimate of drug-likeness (QED) is 0.646. The molecule has 0 aromatic rings. The van der Waals surface area contributed by atoms with Gasteiger partial charge in [-0.1, -0.05) is 6.92 Å². The summed E-state index contributed by atoms with van der Waals surface area (Å²) in [5, 5.41) is 9.30. The third-order valence-corrected chi connectivity index (χ3v) is 2.19. The molecule has 1 unspecified atom stereocenters. The first kappa shape index (κ1) is 15.9. The molecule has 0 saturated carbocycles. The normalized spacial score (nSPS) is 12.0. The number of aliphatic hydroxyl groups excluding tert-OH is 1.